The maximum Gasteiger partial charge on any atom is 0.132 e. The molecule has 2 rings (SSSR count). The zero-order valence-electron chi connectivity index (χ0n) is 10.3. The van der Waals surface area contributed by atoms with E-state index in [1.165, 1.54) is 0 Å². The molecule has 0 saturated heterocycles. The summed E-state index contributed by atoms with van der Waals surface area (Å²) in [4.78, 5) is 0. The molecule has 3 nitrogen and oxygen atoms in total. The van der Waals surface area contributed by atoms with Gasteiger partial charge in [-0.3, -0.25) is 0 Å². The van der Waals surface area contributed by atoms with Crippen LogP contribution in [-0.4, -0.2) is 23.9 Å². The van der Waals surface area contributed by atoms with Gasteiger partial charge in [-0.25, -0.2) is 0 Å². The molecular formula is C14H20O3. The van der Waals surface area contributed by atoms with Gasteiger partial charge in [0.25, 0.3) is 0 Å². The molecule has 0 aromatic heterocycles. The van der Waals surface area contributed by atoms with Crippen molar-refractivity contribution in [2.75, 3.05) is 13.2 Å². The lowest BCUT2D eigenvalue weighted by Gasteiger charge is -2.28. The van der Waals surface area contributed by atoms with Gasteiger partial charge in [-0.1, -0.05) is 0 Å². The minimum absolute atomic E-state index is 0.0974. The van der Waals surface area contributed by atoms with E-state index < -0.39 is 0 Å². The van der Waals surface area contributed by atoms with Gasteiger partial charge >= 0.3 is 0 Å². The van der Waals surface area contributed by atoms with Gasteiger partial charge in [0.15, 0.2) is 0 Å². The zero-order chi connectivity index (χ0) is 12.1. The third-order valence-corrected chi connectivity index (χ3v) is 3.27. The fraction of sp³-hybridized carbons (Fsp3) is 0.571. The molecule has 0 amide bonds. The highest BCUT2D eigenvalue weighted by Crippen LogP contribution is 2.34. The van der Waals surface area contributed by atoms with Crippen molar-refractivity contribution in [2.45, 2.75) is 38.2 Å². The van der Waals surface area contributed by atoms with E-state index in [-0.39, 0.29) is 12.2 Å². The van der Waals surface area contributed by atoms with Gasteiger partial charge < -0.3 is 14.6 Å². The smallest absolute Gasteiger partial charge is 0.132 e. The molecule has 0 bridgehead atoms. The van der Waals surface area contributed by atoms with E-state index in [2.05, 4.69) is 0 Å². The highest BCUT2D eigenvalue weighted by atomic mass is 16.5. The molecule has 1 fully saturated rings. The minimum atomic E-state index is -0.354. The summed E-state index contributed by atoms with van der Waals surface area (Å²) >= 11 is 0. The first-order valence-electron chi connectivity index (χ1n) is 6.31. The number of aliphatic hydroxyl groups is 1. The number of benzene rings is 1. The van der Waals surface area contributed by atoms with Gasteiger partial charge in [-0.15, -0.1) is 0 Å². The number of rotatable bonds is 5. The van der Waals surface area contributed by atoms with E-state index in [0.29, 0.717) is 6.61 Å². The number of hydrogen-bond donors (Lipinski definition) is 1. The molecule has 0 heterocycles. The van der Waals surface area contributed by atoms with E-state index in [1.807, 2.05) is 31.2 Å². The Kier molecular flexibility index (Phi) is 3.89. The average Bonchev–Trinajstić information content (AvgIpc) is 2.81. The lowest BCUT2D eigenvalue weighted by molar-refractivity contribution is 0.0151. The Morgan fingerprint density at radius 1 is 1.12 bits per heavy atom. The molecule has 3 heteroatoms. The van der Waals surface area contributed by atoms with E-state index in [9.17, 15) is 5.11 Å². The normalized spacial score (nSPS) is 18.0. The summed E-state index contributed by atoms with van der Waals surface area (Å²) < 4.78 is 11.3. The Labute approximate surface area is 102 Å². The standard InChI is InChI=1S/C14H20O3/c1-2-16-12-5-7-13(8-6-12)17-14(11-15)9-3-4-10-14/h5-8,15H,2-4,9-11H2,1H3. The first-order chi connectivity index (χ1) is 8.28. The van der Waals surface area contributed by atoms with Crippen molar-refractivity contribution in [3.63, 3.8) is 0 Å². The first kappa shape index (κ1) is 12.2. The van der Waals surface area contributed by atoms with Crippen LogP contribution in [0.25, 0.3) is 0 Å². The summed E-state index contributed by atoms with van der Waals surface area (Å²) in [6.07, 6.45) is 4.16. The molecule has 0 atom stereocenters. The van der Waals surface area contributed by atoms with Crippen LogP contribution < -0.4 is 9.47 Å². The van der Waals surface area contributed by atoms with Crippen molar-refractivity contribution in [1.29, 1.82) is 0 Å². The average molecular weight is 236 g/mol. The van der Waals surface area contributed by atoms with Crippen LogP contribution in [-0.2, 0) is 0 Å². The summed E-state index contributed by atoms with van der Waals surface area (Å²) in [6, 6.07) is 7.61. The molecule has 0 unspecified atom stereocenters. The third kappa shape index (κ3) is 2.91. The van der Waals surface area contributed by atoms with Gasteiger partial charge in [0.1, 0.15) is 17.1 Å². The number of aliphatic hydroxyl groups excluding tert-OH is 1. The van der Waals surface area contributed by atoms with E-state index >= 15 is 0 Å². The predicted molar refractivity (Wildman–Crippen MR) is 66.5 cm³/mol. The number of hydrogen-bond acceptors (Lipinski definition) is 3. The molecule has 1 N–H and O–H groups in total. The molecule has 1 aliphatic rings. The van der Waals surface area contributed by atoms with Crippen molar-refractivity contribution in [1.82, 2.24) is 0 Å². The second kappa shape index (κ2) is 5.41. The molecule has 17 heavy (non-hydrogen) atoms. The van der Waals surface area contributed by atoms with E-state index in [0.717, 1.165) is 37.2 Å². The van der Waals surface area contributed by atoms with Gasteiger partial charge in [0.2, 0.25) is 0 Å². The van der Waals surface area contributed by atoms with Crippen LogP contribution in [0.15, 0.2) is 24.3 Å². The summed E-state index contributed by atoms with van der Waals surface area (Å²) in [5, 5.41) is 9.47. The van der Waals surface area contributed by atoms with Crippen molar-refractivity contribution in [2.24, 2.45) is 0 Å². The first-order valence-corrected chi connectivity index (χ1v) is 6.31. The predicted octanol–water partition coefficient (Wildman–Crippen LogP) is 2.77. The molecule has 1 aromatic rings. The highest BCUT2D eigenvalue weighted by molar-refractivity contribution is 5.31. The minimum Gasteiger partial charge on any atom is -0.494 e. The van der Waals surface area contributed by atoms with Gasteiger partial charge in [-0.05, 0) is 56.9 Å². The zero-order valence-corrected chi connectivity index (χ0v) is 10.3. The maximum absolute atomic E-state index is 9.47. The number of ether oxygens (including phenoxy) is 2. The molecule has 1 aromatic carbocycles. The maximum atomic E-state index is 9.47. The fourth-order valence-electron chi connectivity index (χ4n) is 2.33. The summed E-state index contributed by atoms with van der Waals surface area (Å²) in [5.41, 5.74) is -0.354. The van der Waals surface area contributed by atoms with Gasteiger partial charge in [0, 0.05) is 0 Å². The van der Waals surface area contributed by atoms with E-state index in [4.69, 9.17) is 9.47 Å². The Morgan fingerprint density at radius 2 is 1.71 bits per heavy atom. The molecule has 1 saturated carbocycles. The summed E-state index contributed by atoms with van der Waals surface area (Å²) in [6.45, 7) is 2.73. The lowest BCUT2D eigenvalue weighted by atomic mass is 10.0. The lowest BCUT2D eigenvalue weighted by Crippen LogP contribution is -2.36. The fourth-order valence-corrected chi connectivity index (χ4v) is 2.33. The van der Waals surface area contributed by atoms with Crippen LogP contribution in [0.3, 0.4) is 0 Å². The Balaban J connectivity index is 2.02. The van der Waals surface area contributed by atoms with Crippen LogP contribution in [0.5, 0.6) is 11.5 Å². The van der Waals surface area contributed by atoms with Gasteiger partial charge in [0.05, 0.1) is 13.2 Å². The monoisotopic (exact) mass is 236 g/mol. The molecule has 94 valence electrons. The SMILES string of the molecule is CCOc1ccc(OC2(CO)CCCC2)cc1. The molecular weight excluding hydrogens is 216 g/mol. The summed E-state index contributed by atoms with van der Waals surface area (Å²) in [7, 11) is 0. The van der Waals surface area contributed by atoms with Gasteiger partial charge in [-0.2, -0.15) is 0 Å². The van der Waals surface area contributed by atoms with Crippen LogP contribution in [0.2, 0.25) is 0 Å². The molecule has 0 aliphatic heterocycles. The van der Waals surface area contributed by atoms with Crippen LogP contribution in [0.4, 0.5) is 0 Å². The highest BCUT2D eigenvalue weighted by Gasteiger charge is 2.35. The van der Waals surface area contributed by atoms with Crippen LogP contribution >= 0.6 is 0 Å². The molecule has 0 spiro atoms. The largest absolute Gasteiger partial charge is 0.494 e. The Bertz CT molecular complexity index is 339. The van der Waals surface area contributed by atoms with Crippen LogP contribution in [0, 0.1) is 0 Å². The summed E-state index contributed by atoms with van der Waals surface area (Å²) in [5.74, 6) is 1.66. The van der Waals surface area contributed by atoms with Crippen molar-refractivity contribution >= 4 is 0 Å². The topological polar surface area (TPSA) is 38.7 Å². The third-order valence-electron chi connectivity index (χ3n) is 3.27. The second-order valence-corrected chi connectivity index (χ2v) is 4.55. The quantitative estimate of drug-likeness (QED) is 0.854. The van der Waals surface area contributed by atoms with E-state index in [1.54, 1.807) is 0 Å². The Hall–Kier alpha value is -1.22. The Morgan fingerprint density at radius 3 is 2.24 bits per heavy atom. The van der Waals surface area contributed by atoms with Crippen molar-refractivity contribution in [3.05, 3.63) is 24.3 Å². The molecule has 0 radical (unpaired) electrons. The van der Waals surface area contributed by atoms with Crippen molar-refractivity contribution < 1.29 is 14.6 Å². The second-order valence-electron chi connectivity index (χ2n) is 4.55. The van der Waals surface area contributed by atoms with Crippen LogP contribution in [0.1, 0.15) is 32.6 Å². The van der Waals surface area contributed by atoms with Crippen molar-refractivity contribution in [3.8, 4) is 11.5 Å². The molecule has 1 aliphatic carbocycles.